The molecule has 0 aliphatic carbocycles. The van der Waals surface area contributed by atoms with E-state index in [0.717, 1.165) is 37.4 Å². The highest BCUT2D eigenvalue weighted by Gasteiger charge is 2.26. The standard InChI is InChI=1S/C16H24ClN3O2/c1-19(2)10-12-6-7-20(11-12)16(21)18-9-13-8-14(17)4-5-15(13)22-3/h4-5,8,12H,6-7,9-11H2,1-3H3,(H,18,21)/t12-/m1/s1. The fourth-order valence-corrected chi connectivity index (χ4v) is 3.05. The number of carbonyl (C=O) groups is 1. The number of rotatable bonds is 5. The van der Waals surface area contributed by atoms with E-state index >= 15 is 0 Å². The van der Waals surface area contributed by atoms with Crippen LogP contribution in [0.25, 0.3) is 0 Å². The third-order valence-corrected chi connectivity index (χ3v) is 4.10. The van der Waals surface area contributed by atoms with Crippen molar-refractivity contribution in [2.24, 2.45) is 5.92 Å². The molecule has 0 bridgehead atoms. The second kappa shape index (κ2) is 7.70. The number of carbonyl (C=O) groups excluding carboxylic acids is 1. The molecule has 1 N–H and O–H groups in total. The number of hydrogen-bond donors (Lipinski definition) is 1. The molecule has 122 valence electrons. The summed E-state index contributed by atoms with van der Waals surface area (Å²) in [6, 6.07) is 5.38. The molecule has 0 saturated carbocycles. The van der Waals surface area contributed by atoms with Gasteiger partial charge in [0.25, 0.3) is 0 Å². The summed E-state index contributed by atoms with van der Waals surface area (Å²) in [5.74, 6) is 1.29. The van der Waals surface area contributed by atoms with Crippen LogP contribution in [0.1, 0.15) is 12.0 Å². The summed E-state index contributed by atoms with van der Waals surface area (Å²) in [5.41, 5.74) is 0.882. The molecule has 0 unspecified atom stereocenters. The van der Waals surface area contributed by atoms with Crippen LogP contribution in [0.3, 0.4) is 0 Å². The van der Waals surface area contributed by atoms with E-state index in [-0.39, 0.29) is 6.03 Å². The average molecular weight is 326 g/mol. The fraction of sp³-hybridized carbons (Fsp3) is 0.562. The van der Waals surface area contributed by atoms with Gasteiger partial charge in [0.05, 0.1) is 7.11 Å². The van der Waals surface area contributed by atoms with Gasteiger partial charge in [-0.05, 0) is 44.6 Å². The SMILES string of the molecule is COc1ccc(Cl)cc1CNC(=O)N1CC[C@H](CN(C)C)C1. The van der Waals surface area contributed by atoms with Crippen LogP contribution in [0.4, 0.5) is 4.79 Å². The second-order valence-corrected chi connectivity index (χ2v) is 6.41. The lowest BCUT2D eigenvalue weighted by molar-refractivity contribution is 0.205. The number of nitrogens with zero attached hydrogens (tertiary/aromatic N) is 2. The number of ether oxygens (including phenoxy) is 1. The molecule has 1 saturated heterocycles. The molecule has 0 aromatic heterocycles. The fourth-order valence-electron chi connectivity index (χ4n) is 2.85. The van der Waals surface area contributed by atoms with Gasteiger partial charge in [-0.3, -0.25) is 0 Å². The first-order chi connectivity index (χ1) is 10.5. The van der Waals surface area contributed by atoms with Crippen LogP contribution in [0.2, 0.25) is 5.02 Å². The molecule has 1 aromatic rings. The number of nitrogens with one attached hydrogen (secondary N) is 1. The van der Waals surface area contributed by atoms with Gasteiger partial charge in [0.15, 0.2) is 0 Å². The van der Waals surface area contributed by atoms with Gasteiger partial charge in [-0.1, -0.05) is 11.6 Å². The van der Waals surface area contributed by atoms with Crippen molar-refractivity contribution in [3.05, 3.63) is 28.8 Å². The van der Waals surface area contributed by atoms with Gasteiger partial charge in [0.2, 0.25) is 0 Å². The first-order valence-electron chi connectivity index (χ1n) is 7.49. The van der Waals surface area contributed by atoms with Crippen molar-refractivity contribution in [3.8, 4) is 5.75 Å². The van der Waals surface area contributed by atoms with E-state index < -0.39 is 0 Å². The maximum absolute atomic E-state index is 12.3. The number of benzene rings is 1. The molecule has 0 radical (unpaired) electrons. The summed E-state index contributed by atoms with van der Waals surface area (Å²) >= 11 is 6.00. The minimum Gasteiger partial charge on any atom is -0.496 e. The van der Waals surface area contributed by atoms with Crippen molar-refractivity contribution >= 4 is 17.6 Å². The Labute approximate surface area is 137 Å². The Morgan fingerprint density at radius 3 is 2.95 bits per heavy atom. The highest BCUT2D eigenvalue weighted by Crippen LogP contribution is 2.23. The van der Waals surface area contributed by atoms with Gasteiger partial charge in [-0.2, -0.15) is 0 Å². The zero-order chi connectivity index (χ0) is 16.1. The molecule has 22 heavy (non-hydrogen) atoms. The lowest BCUT2D eigenvalue weighted by atomic mass is 10.1. The van der Waals surface area contributed by atoms with E-state index in [4.69, 9.17) is 16.3 Å². The number of amides is 2. The van der Waals surface area contributed by atoms with Crippen LogP contribution in [0, 0.1) is 5.92 Å². The van der Waals surface area contributed by atoms with Crippen LogP contribution in [0.5, 0.6) is 5.75 Å². The maximum atomic E-state index is 12.3. The summed E-state index contributed by atoms with van der Waals surface area (Å²) in [7, 11) is 5.74. The lowest BCUT2D eigenvalue weighted by Crippen LogP contribution is -2.38. The Hall–Kier alpha value is -1.46. The molecule has 1 aliphatic rings. The van der Waals surface area contributed by atoms with E-state index in [9.17, 15) is 4.79 Å². The average Bonchev–Trinajstić information content (AvgIpc) is 2.92. The van der Waals surface area contributed by atoms with Crippen molar-refractivity contribution < 1.29 is 9.53 Å². The van der Waals surface area contributed by atoms with Crippen LogP contribution >= 0.6 is 11.6 Å². The first kappa shape index (κ1) is 16.9. The minimum absolute atomic E-state index is 0.0247. The smallest absolute Gasteiger partial charge is 0.317 e. The zero-order valence-corrected chi connectivity index (χ0v) is 14.2. The van der Waals surface area contributed by atoms with Crippen LogP contribution in [-0.2, 0) is 6.54 Å². The quantitative estimate of drug-likeness (QED) is 0.904. The van der Waals surface area contributed by atoms with Gasteiger partial charge in [0.1, 0.15) is 5.75 Å². The highest BCUT2D eigenvalue weighted by molar-refractivity contribution is 6.30. The Balaban J connectivity index is 1.87. The van der Waals surface area contributed by atoms with Crippen molar-refractivity contribution in [3.63, 3.8) is 0 Å². The molecule has 2 rings (SSSR count). The van der Waals surface area contributed by atoms with Gasteiger partial charge in [-0.25, -0.2) is 4.79 Å². The molecule has 0 spiro atoms. The Morgan fingerprint density at radius 2 is 2.27 bits per heavy atom. The highest BCUT2D eigenvalue weighted by atomic mass is 35.5. The summed E-state index contributed by atoms with van der Waals surface area (Å²) in [6.07, 6.45) is 1.06. The van der Waals surface area contributed by atoms with Gasteiger partial charge >= 0.3 is 6.03 Å². The summed E-state index contributed by atoms with van der Waals surface area (Å²) in [6.45, 7) is 3.07. The lowest BCUT2D eigenvalue weighted by Gasteiger charge is -2.19. The molecule has 1 atom stereocenters. The van der Waals surface area contributed by atoms with Crippen LogP contribution in [0.15, 0.2) is 18.2 Å². The van der Waals surface area contributed by atoms with Gasteiger partial charge < -0.3 is 19.9 Å². The predicted molar refractivity (Wildman–Crippen MR) is 88.5 cm³/mol. The molecular weight excluding hydrogens is 302 g/mol. The van der Waals surface area contributed by atoms with Crippen LogP contribution < -0.4 is 10.1 Å². The molecular formula is C16H24ClN3O2. The molecule has 1 heterocycles. The van der Waals surface area contributed by atoms with Crippen molar-refractivity contribution in [1.29, 1.82) is 0 Å². The van der Waals surface area contributed by atoms with E-state index in [1.54, 1.807) is 13.2 Å². The molecule has 1 fully saturated rings. The normalized spacial score (nSPS) is 17.9. The third kappa shape index (κ3) is 4.52. The first-order valence-corrected chi connectivity index (χ1v) is 7.87. The Kier molecular flexibility index (Phi) is 5.91. The second-order valence-electron chi connectivity index (χ2n) is 5.98. The van der Waals surface area contributed by atoms with Crippen molar-refractivity contribution in [2.75, 3.05) is 40.8 Å². The number of halogens is 1. The summed E-state index contributed by atoms with van der Waals surface area (Å²) < 4.78 is 5.29. The Bertz CT molecular complexity index is 522. The molecule has 5 nitrogen and oxygen atoms in total. The van der Waals surface area contributed by atoms with Gasteiger partial charge in [0, 0.05) is 36.8 Å². The minimum atomic E-state index is -0.0247. The molecule has 1 aliphatic heterocycles. The van der Waals surface area contributed by atoms with E-state index in [2.05, 4.69) is 24.3 Å². The molecule has 2 amide bonds. The summed E-state index contributed by atoms with van der Waals surface area (Å²) in [5, 5.41) is 3.59. The number of likely N-dealkylation sites (tertiary alicyclic amines) is 1. The van der Waals surface area contributed by atoms with Crippen molar-refractivity contribution in [2.45, 2.75) is 13.0 Å². The van der Waals surface area contributed by atoms with E-state index in [0.29, 0.717) is 17.5 Å². The number of urea groups is 1. The van der Waals surface area contributed by atoms with Gasteiger partial charge in [-0.15, -0.1) is 0 Å². The Morgan fingerprint density at radius 1 is 1.50 bits per heavy atom. The van der Waals surface area contributed by atoms with Crippen LogP contribution in [-0.4, -0.2) is 56.7 Å². The summed E-state index contributed by atoms with van der Waals surface area (Å²) in [4.78, 5) is 16.3. The van der Waals surface area contributed by atoms with E-state index in [1.165, 1.54) is 0 Å². The predicted octanol–water partition coefficient (Wildman–Crippen LogP) is 2.44. The maximum Gasteiger partial charge on any atom is 0.317 e. The monoisotopic (exact) mass is 325 g/mol. The number of hydrogen-bond acceptors (Lipinski definition) is 3. The topological polar surface area (TPSA) is 44.8 Å². The zero-order valence-electron chi connectivity index (χ0n) is 13.4. The molecule has 6 heteroatoms. The van der Waals surface area contributed by atoms with Crippen molar-refractivity contribution in [1.82, 2.24) is 15.1 Å². The third-order valence-electron chi connectivity index (χ3n) is 3.87. The largest absolute Gasteiger partial charge is 0.496 e. The number of methoxy groups -OCH3 is 1. The van der Waals surface area contributed by atoms with E-state index in [1.807, 2.05) is 17.0 Å². The molecule has 1 aromatic carbocycles.